The zero-order chi connectivity index (χ0) is 19.8. The Kier molecular flexibility index (Phi) is 6.29. The summed E-state index contributed by atoms with van der Waals surface area (Å²) in [6.45, 7) is 2.24. The van der Waals surface area contributed by atoms with Crippen LogP contribution in [0.2, 0.25) is 0 Å². The van der Waals surface area contributed by atoms with Gasteiger partial charge in [-0.25, -0.2) is 9.48 Å². The van der Waals surface area contributed by atoms with E-state index >= 15 is 0 Å². The topological polar surface area (TPSA) is 108 Å². The van der Waals surface area contributed by atoms with Crippen molar-refractivity contribution in [3.63, 3.8) is 0 Å². The van der Waals surface area contributed by atoms with Gasteiger partial charge in [-0.3, -0.25) is 4.79 Å². The molecule has 1 amide bonds. The fourth-order valence-corrected chi connectivity index (χ4v) is 2.36. The molecule has 0 radical (unpaired) electrons. The highest BCUT2D eigenvalue weighted by Crippen LogP contribution is 2.12. The van der Waals surface area contributed by atoms with Gasteiger partial charge < -0.3 is 14.8 Å². The molecule has 9 nitrogen and oxygen atoms in total. The molecule has 0 unspecified atom stereocenters. The number of tetrazole rings is 1. The van der Waals surface area contributed by atoms with Crippen LogP contribution in [0.3, 0.4) is 0 Å². The first-order chi connectivity index (χ1) is 13.6. The number of benzene rings is 2. The monoisotopic (exact) mass is 381 g/mol. The zero-order valence-electron chi connectivity index (χ0n) is 15.2. The lowest BCUT2D eigenvalue weighted by Crippen LogP contribution is -2.32. The molecule has 9 heteroatoms. The number of rotatable bonds is 8. The van der Waals surface area contributed by atoms with E-state index in [0.717, 1.165) is 11.3 Å². The summed E-state index contributed by atoms with van der Waals surface area (Å²) >= 11 is 0. The van der Waals surface area contributed by atoms with Crippen molar-refractivity contribution < 1.29 is 19.1 Å². The standard InChI is InChI=1S/C19H19N5O4/c1-14-3-2-4-17(11-14)27-10-9-20-18(25)12-28-19(26)15-5-7-16(8-6-15)24-13-21-22-23-24/h2-8,11,13H,9-10,12H2,1H3,(H,20,25). The van der Waals surface area contributed by atoms with Crippen LogP contribution in [0.1, 0.15) is 15.9 Å². The number of aryl methyl sites for hydroxylation is 1. The number of nitrogens with zero attached hydrogens (tertiary/aromatic N) is 4. The van der Waals surface area contributed by atoms with Crippen molar-refractivity contribution in [3.05, 3.63) is 66.0 Å². The second-order valence-corrected chi connectivity index (χ2v) is 5.89. The molecule has 1 heterocycles. The molecule has 2 aromatic carbocycles. The van der Waals surface area contributed by atoms with Gasteiger partial charge in [-0.1, -0.05) is 12.1 Å². The Hall–Kier alpha value is -3.75. The minimum atomic E-state index is -0.588. The average molecular weight is 381 g/mol. The summed E-state index contributed by atoms with van der Waals surface area (Å²) in [5.74, 6) is -0.244. The molecule has 28 heavy (non-hydrogen) atoms. The van der Waals surface area contributed by atoms with E-state index < -0.39 is 11.9 Å². The van der Waals surface area contributed by atoms with Crippen LogP contribution in [0.4, 0.5) is 0 Å². The number of ether oxygens (including phenoxy) is 2. The Balaban J connectivity index is 1.37. The van der Waals surface area contributed by atoms with Gasteiger partial charge >= 0.3 is 5.97 Å². The summed E-state index contributed by atoms with van der Waals surface area (Å²) in [6, 6.07) is 14.1. The predicted molar refractivity (Wildman–Crippen MR) is 99.1 cm³/mol. The van der Waals surface area contributed by atoms with Crippen molar-refractivity contribution in [2.75, 3.05) is 19.8 Å². The van der Waals surface area contributed by atoms with Gasteiger partial charge in [0.05, 0.1) is 17.8 Å². The van der Waals surface area contributed by atoms with E-state index in [4.69, 9.17) is 9.47 Å². The molecule has 0 atom stereocenters. The number of carbonyl (C=O) groups excluding carboxylic acids is 2. The Morgan fingerprint density at radius 3 is 2.68 bits per heavy atom. The summed E-state index contributed by atoms with van der Waals surface area (Å²) < 4.78 is 12.0. The molecule has 0 bridgehead atoms. The van der Waals surface area contributed by atoms with E-state index in [1.165, 1.54) is 11.0 Å². The highest BCUT2D eigenvalue weighted by molar-refractivity contribution is 5.91. The van der Waals surface area contributed by atoms with Gasteiger partial charge in [-0.05, 0) is 59.3 Å². The van der Waals surface area contributed by atoms with Crippen molar-refractivity contribution in [1.82, 2.24) is 25.5 Å². The van der Waals surface area contributed by atoms with E-state index in [-0.39, 0.29) is 6.61 Å². The van der Waals surface area contributed by atoms with Gasteiger partial charge in [-0.15, -0.1) is 5.10 Å². The molecule has 3 rings (SSSR count). The van der Waals surface area contributed by atoms with Crippen molar-refractivity contribution in [2.24, 2.45) is 0 Å². The lowest BCUT2D eigenvalue weighted by Gasteiger charge is -2.09. The van der Waals surface area contributed by atoms with E-state index in [0.29, 0.717) is 24.4 Å². The zero-order valence-corrected chi connectivity index (χ0v) is 15.2. The molecule has 144 valence electrons. The fourth-order valence-electron chi connectivity index (χ4n) is 2.36. The van der Waals surface area contributed by atoms with E-state index in [1.807, 2.05) is 31.2 Å². The van der Waals surface area contributed by atoms with Gasteiger partial charge in [0.25, 0.3) is 5.91 Å². The first-order valence-electron chi connectivity index (χ1n) is 8.58. The second-order valence-electron chi connectivity index (χ2n) is 5.89. The molecule has 3 aromatic rings. The lowest BCUT2D eigenvalue weighted by molar-refractivity contribution is -0.124. The largest absolute Gasteiger partial charge is 0.492 e. The first kappa shape index (κ1) is 19.0. The molecule has 0 aliphatic heterocycles. The molecule has 0 aliphatic rings. The van der Waals surface area contributed by atoms with Crippen molar-refractivity contribution >= 4 is 11.9 Å². The molecule has 0 saturated heterocycles. The third-order valence-corrected chi connectivity index (χ3v) is 3.73. The van der Waals surface area contributed by atoms with Gasteiger partial charge in [-0.2, -0.15) is 0 Å². The SMILES string of the molecule is Cc1cccc(OCCNC(=O)COC(=O)c2ccc(-n3cnnn3)cc2)c1. The van der Waals surface area contributed by atoms with Crippen LogP contribution in [0, 0.1) is 6.92 Å². The quantitative estimate of drug-likeness (QED) is 0.463. The van der Waals surface area contributed by atoms with E-state index in [9.17, 15) is 9.59 Å². The summed E-state index contributed by atoms with van der Waals surface area (Å²) in [4.78, 5) is 23.8. The summed E-state index contributed by atoms with van der Waals surface area (Å²) in [5, 5.41) is 13.5. The molecule has 1 N–H and O–H groups in total. The van der Waals surface area contributed by atoms with Gasteiger partial charge in [0.2, 0.25) is 0 Å². The third kappa shape index (κ3) is 5.37. The van der Waals surface area contributed by atoms with Crippen LogP contribution in [-0.2, 0) is 9.53 Å². The van der Waals surface area contributed by atoms with E-state index in [2.05, 4.69) is 20.8 Å². The van der Waals surface area contributed by atoms with Crippen LogP contribution < -0.4 is 10.1 Å². The highest BCUT2D eigenvalue weighted by atomic mass is 16.5. The average Bonchev–Trinajstić information content (AvgIpc) is 3.24. The van der Waals surface area contributed by atoms with Crippen molar-refractivity contribution in [1.29, 1.82) is 0 Å². The number of carbonyl (C=O) groups is 2. The molecular formula is C19H19N5O4. The Bertz CT molecular complexity index is 926. The number of hydrogen-bond donors (Lipinski definition) is 1. The maximum absolute atomic E-state index is 12.0. The van der Waals surface area contributed by atoms with Gasteiger partial charge in [0.1, 0.15) is 18.7 Å². The highest BCUT2D eigenvalue weighted by Gasteiger charge is 2.10. The normalized spacial score (nSPS) is 10.3. The van der Waals surface area contributed by atoms with Crippen LogP contribution in [0.25, 0.3) is 5.69 Å². The smallest absolute Gasteiger partial charge is 0.338 e. The summed E-state index contributed by atoms with van der Waals surface area (Å²) in [5.41, 5.74) is 2.12. The maximum Gasteiger partial charge on any atom is 0.338 e. The first-order valence-corrected chi connectivity index (χ1v) is 8.58. The van der Waals surface area contributed by atoms with Crippen LogP contribution >= 0.6 is 0 Å². The number of hydrogen-bond acceptors (Lipinski definition) is 7. The Morgan fingerprint density at radius 2 is 1.96 bits per heavy atom. The number of esters is 1. The number of amides is 1. The predicted octanol–water partition coefficient (Wildman–Crippen LogP) is 1.32. The number of aromatic nitrogens is 4. The minimum absolute atomic E-state index is 0.310. The second kappa shape index (κ2) is 9.26. The van der Waals surface area contributed by atoms with Crippen molar-refractivity contribution in [3.8, 4) is 11.4 Å². The Morgan fingerprint density at radius 1 is 1.14 bits per heavy atom. The van der Waals surface area contributed by atoms with E-state index in [1.54, 1.807) is 24.3 Å². The third-order valence-electron chi connectivity index (χ3n) is 3.73. The molecule has 0 fully saturated rings. The maximum atomic E-state index is 12.0. The minimum Gasteiger partial charge on any atom is -0.492 e. The fraction of sp³-hybridized carbons (Fsp3) is 0.211. The van der Waals surface area contributed by atoms with Gasteiger partial charge in [0.15, 0.2) is 6.61 Å². The van der Waals surface area contributed by atoms with Crippen LogP contribution in [0.5, 0.6) is 5.75 Å². The summed E-state index contributed by atoms with van der Waals surface area (Å²) in [6.07, 6.45) is 1.44. The number of nitrogens with one attached hydrogen (secondary N) is 1. The van der Waals surface area contributed by atoms with Crippen molar-refractivity contribution in [2.45, 2.75) is 6.92 Å². The van der Waals surface area contributed by atoms with Crippen LogP contribution in [-0.4, -0.2) is 51.8 Å². The summed E-state index contributed by atoms with van der Waals surface area (Å²) in [7, 11) is 0. The molecule has 0 aliphatic carbocycles. The Labute approximate surface area is 161 Å². The molecular weight excluding hydrogens is 362 g/mol. The molecule has 1 aromatic heterocycles. The molecule has 0 saturated carbocycles. The molecule has 0 spiro atoms. The lowest BCUT2D eigenvalue weighted by atomic mass is 10.2. The van der Waals surface area contributed by atoms with Crippen LogP contribution in [0.15, 0.2) is 54.9 Å². The van der Waals surface area contributed by atoms with Gasteiger partial charge in [0, 0.05) is 0 Å².